The number of carbonyl (C=O) groups excluding carboxylic acids is 8. The molecule has 0 saturated carbocycles. The highest BCUT2D eigenvalue weighted by Gasteiger charge is 2.61. The summed E-state index contributed by atoms with van der Waals surface area (Å²) in [5, 5.41) is 12.7. The molecule has 114 heavy (non-hydrogen) atoms. The molecule has 21 heteroatoms. The van der Waals surface area contributed by atoms with Crippen molar-refractivity contribution in [2.24, 2.45) is 27.6 Å². The summed E-state index contributed by atoms with van der Waals surface area (Å²) in [6.07, 6.45) is 2.87. The summed E-state index contributed by atoms with van der Waals surface area (Å²) in [5.74, 6) is -3.60. The number of rotatable bonds is 32. The zero-order chi connectivity index (χ0) is 84.5. The highest BCUT2D eigenvalue weighted by molar-refractivity contribution is 6.16. The molecule has 4 aromatic rings. The first kappa shape index (κ1) is 96.7. The molecule has 0 aliphatic carbocycles. The molecule has 4 N–H and O–H groups in total. The molecule has 0 bridgehead atoms. The minimum Gasteiger partial charge on any atom is -0.468 e. The molecule has 622 valence electrons. The van der Waals surface area contributed by atoms with Crippen LogP contribution in [0.1, 0.15) is 172 Å². The maximum Gasteiger partial charge on any atom is 0.322 e. The second kappa shape index (κ2) is 44.3. The van der Waals surface area contributed by atoms with Crippen LogP contribution in [-0.2, 0) is 107 Å². The smallest absolute Gasteiger partial charge is 0.322 e. The predicted molar refractivity (Wildman–Crippen MR) is 452 cm³/mol. The van der Waals surface area contributed by atoms with Crippen LogP contribution in [0.5, 0.6) is 0 Å². The largest absolute Gasteiger partial charge is 0.468 e. The lowest BCUT2D eigenvalue weighted by Gasteiger charge is -2.45. The number of aryl methyl sites for hydroxylation is 4. The van der Waals surface area contributed by atoms with E-state index in [-0.39, 0.29) is 49.7 Å². The monoisotopic (exact) mass is 1570 g/mol. The van der Waals surface area contributed by atoms with Crippen LogP contribution in [0.15, 0.2) is 195 Å². The van der Waals surface area contributed by atoms with Crippen molar-refractivity contribution in [2.45, 2.75) is 224 Å². The number of unbranched alkanes of at least 4 members (excludes halogenated alkanes) is 1. The molecule has 0 spiro atoms. The molecule has 4 fully saturated rings. The molecule has 0 radical (unpaired) electrons. The van der Waals surface area contributed by atoms with E-state index in [9.17, 15) is 38.4 Å². The van der Waals surface area contributed by atoms with E-state index < -0.39 is 94.4 Å². The molecule has 4 aliphatic heterocycles. The Balaban J connectivity index is 0.000000319. The van der Waals surface area contributed by atoms with Gasteiger partial charge < -0.3 is 63.9 Å². The summed E-state index contributed by atoms with van der Waals surface area (Å²) in [4.78, 5) is 103. The number of benzene rings is 4. The quantitative estimate of drug-likeness (QED) is 0.0116. The van der Waals surface area contributed by atoms with E-state index in [1.165, 1.54) is 21.3 Å². The standard InChI is InChI=1S/C24H33NO4.C23H31NO5.C23H31NO4.C22H29NO4.CH4/c1-7-8-15-28-23(27)24(6)21(29-18(5)17(4)22(24)26)14-11-19-9-12-20(13-10-19)25-16(2)3;1-15(2)24-19-10-7-18(8-11-19)9-12-20-23(5,22(26)28-14-13-27-6)21(25)16(3)17(4)29-20;1-14(2)23(22(26)27-7)20(28-17(6)16(5)21(23)25)13-10-18-8-11-19(12-9-18)24-15(3)4;1-7-22(21(25)26-6)19(27-16(5)15(4)20(22)24)13-10-17-8-11-18(12-9-17)23-14(2)3;/h9-10,12-13,18,21,25H,2,4,7-8,11,14-15H2,1,3,5-6H3;7-8,10-11,17,20,24H,1,3,9,12-14H2,2,4-6H3;8-9,11-12,14,17,20,24H,3,5,10,13H2,1-2,4,6-7H3;8-9,11-12,16,19,23H,2,4,7,10,13H2,1,3,5-6H3;1H4. The molecule has 4 aromatic carbocycles. The van der Waals surface area contributed by atoms with Crippen molar-refractivity contribution in [1.29, 1.82) is 0 Å². The number of Topliss-reactive ketones (excluding diaryl/α,β-unsaturated/α-hetero) is 4. The van der Waals surface area contributed by atoms with Crippen LogP contribution in [0, 0.1) is 27.6 Å². The molecule has 4 saturated heterocycles. The van der Waals surface area contributed by atoms with Gasteiger partial charge in [-0.2, -0.15) is 0 Å². The lowest BCUT2D eigenvalue weighted by Crippen LogP contribution is -2.59. The van der Waals surface area contributed by atoms with E-state index >= 15 is 0 Å². The molecule has 12 unspecified atom stereocenters. The highest BCUT2D eigenvalue weighted by atomic mass is 16.6. The van der Waals surface area contributed by atoms with E-state index in [4.69, 9.17) is 42.6 Å². The van der Waals surface area contributed by atoms with E-state index in [0.717, 1.165) is 80.6 Å². The van der Waals surface area contributed by atoms with E-state index in [1.54, 1.807) is 41.5 Å². The van der Waals surface area contributed by atoms with Crippen LogP contribution < -0.4 is 21.3 Å². The Kier molecular flexibility index (Phi) is 37.6. The van der Waals surface area contributed by atoms with Crippen molar-refractivity contribution in [3.63, 3.8) is 0 Å². The average molecular weight is 1570 g/mol. The fourth-order valence-corrected chi connectivity index (χ4v) is 14.3. The van der Waals surface area contributed by atoms with Gasteiger partial charge in [0, 0.05) is 74.9 Å². The van der Waals surface area contributed by atoms with E-state index in [1.807, 2.05) is 152 Å². The lowest BCUT2D eigenvalue weighted by atomic mass is 9.64. The molecule has 0 aromatic heterocycles. The topological polar surface area (TPSA) is 268 Å². The summed E-state index contributed by atoms with van der Waals surface area (Å²) in [6, 6.07) is 32.0. The van der Waals surface area contributed by atoms with Gasteiger partial charge in [-0.15, -0.1) is 0 Å². The number of methoxy groups -OCH3 is 3. The first-order valence-corrected chi connectivity index (χ1v) is 38.9. The molecule has 4 aliphatic rings. The van der Waals surface area contributed by atoms with Gasteiger partial charge in [0.25, 0.3) is 0 Å². The van der Waals surface area contributed by atoms with Gasteiger partial charge in [0.1, 0.15) is 6.61 Å². The van der Waals surface area contributed by atoms with Gasteiger partial charge in [-0.05, 0) is 210 Å². The second-order valence-corrected chi connectivity index (χ2v) is 30.4. The molecule has 12 atom stereocenters. The number of allylic oxidation sites excluding steroid dienone is 4. The van der Waals surface area contributed by atoms with Crippen molar-refractivity contribution >= 4 is 69.8 Å². The summed E-state index contributed by atoms with van der Waals surface area (Å²) >= 11 is 0. The number of ether oxygens (including phenoxy) is 9. The predicted octanol–water partition coefficient (Wildman–Crippen LogP) is 17.5. The number of hydrogen-bond acceptors (Lipinski definition) is 21. The van der Waals surface area contributed by atoms with Crippen molar-refractivity contribution in [1.82, 2.24) is 0 Å². The molecular formula is C93H128N4O17. The number of hydrogen-bond donors (Lipinski definition) is 4. The SMILES string of the molecule is C.C=C(C)Nc1ccc(CCC2OC(C)C(=C)C(=O)C2(C(=O)OC)C(C)C)cc1.C=C(C)Nc1ccc(CCC2OC(C)C(=C)C(=O)C2(C)C(=O)OCCCC)cc1.C=C(C)Nc1ccc(CCC2OC(C)C(=C)C(=O)C2(C)C(=O)OCCOC)cc1.C=C(C)Nc1ccc(CCC2OC(C)C(=C)C(=O)C2(CC)C(=O)OC)cc1. The summed E-state index contributed by atoms with van der Waals surface area (Å²) in [6.45, 7) is 56.9. The first-order valence-electron chi connectivity index (χ1n) is 38.9. The number of anilines is 4. The Morgan fingerprint density at radius 3 is 1.01 bits per heavy atom. The van der Waals surface area contributed by atoms with Gasteiger partial charge in [0.2, 0.25) is 0 Å². The maximum absolute atomic E-state index is 13.2. The Hall–Kier alpha value is -9.64. The van der Waals surface area contributed by atoms with Gasteiger partial charge in [-0.25, -0.2) is 0 Å². The minimum atomic E-state index is -1.42. The Labute approximate surface area is 678 Å². The van der Waals surface area contributed by atoms with Crippen molar-refractivity contribution < 1.29 is 81.0 Å². The number of esters is 4. The van der Waals surface area contributed by atoms with Crippen LogP contribution >= 0.6 is 0 Å². The lowest BCUT2D eigenvalue weighted by molar-refractivity contribution is -0.184. The van der Waals surface area contributed by atoms with Gasteiger partial charge in [-0.1, -0.05) is 143 Å². The fourth-order valence-electron chi connectivity index (χ4n) is 14.3. The minimum absolute atomic E-state index is 0. The number of nitrogens with one attached hydrogen (secondary N) is 4. The fraction of sp³-hybridized carbons (Fsp3) is 0.484. The molecule has 21 nitrogen and oxygen atoms in total. The Morgan fingerprint density at radius 1 is 0.421 bits per heavy atom. The van der Waals surface area contributed by atoms with Crippen LogP contribution in [0.3, 0.4) is 0 Å². The van der Waals surface area contributed by atoms with Crippen LogP contribution in [-0.4, -0.2) is 137 Å². The molecule has 0 amide bonds. The Morgan fingerprint density at radius 2 is 0.711 bits per heavy atom. The molecule has 8 rings (SSSR count). The zero-order valence-corrected chi connectivity index (χ0v) is 69.9. The molecule has 4 heterocycles. The Bertz CT molecular complexity index is 3950. The van der Waals surface area contributed by atoms with Crippen molar-refractivity contribution in [3.8, 4) is 0 Å². The normalized spacial score (nSPS) is 24.4. The van der Waals surface area contributed by atoms with Crippen molar-refractivity contribution in [2.75, 3.05) is 62.4 Å². The van der Waals surface area contributed by atoms with Crippen molar-refractivity contribution in [3.05, 3.63) is 217 Å². The summed E-state index contributed by atoms with van der Waals surface area (Å²) in [7, 11) is 4.14. The van der Waals surface area contributed by atoms with Gasteiger partial charge in [0.15, 0.2) is 44.8 Å². The number of carbonyl (C=O) groups is 8. The zero-order valence-electron chi connectivity index (χ0n) is 69.9. The second-order valence-electron chi connectivity index (χ2n) is 30.4. The van der Waals surface area contributed by atoms with Crippen LogP contribution in [0.4, 0.5) is 22.7 Å². The van der Waals surface area contributed by atoms with E-state index in [2.05, 4.69) is 73.9 Å². The molecular weight excluding hydrogens is 1450 g/mol. The third-order valence-corrected chi connectivity index (χ3v) is 21.3. The van der Waals surface area contributed by atoms with E-state index in [0.29, 0.717) is 86.7 Å². The summed E-state index contributed by atoms with van der Waals surface area (Å²) in [5.41, 5.74) is 7.55. The van der Waals surface area contributed by atoms with Gasteiger partial charge >= 0.3 is 23.9 Å². The van der Waals surface area contributed by atoms with Gasteiger partial charge in [0.05, 0.1) is 76.3 Å². The van der Waals surface area contributed by atoms with Gasteiger partial charge in [-0.3, -0.25) is 38.4 Å². The number of ketones is 4. The highest BCUT2D eigenvalue weighted by Crippen LogP contribution is 2.47. The summed E-state index contributed by atoms with van der Waals surface area (Å²) < 4.78 is 49.9. The third kappa shape index (κ3) is 24.0. The van der Waals surface area contributed by atoms with Crippen LogP contribution in [0.2, 0.25) is 0 Å². The average Bonchev–Trinajstić information content (AvgIpc) is 0.722. The first-order chi connectivity index (χ1) is 53.3. The van der Waals surface area contributed by atoms with Crippen LogP contribution in [0.25, 0.3) is 0 Å². The maximum atomic E-state index is 13.2. The third-order valence-electron chi connectivity index (χ3n) is 21.3.